The van der Waals surface area contributed by atoms with Crippen molar-refractivity contribution >= 4 is 40.4 Å². The molecule has 0 aromatic carbocycles. The fourth-order valence-electron chi connectivity index (χ4n) is 1.35. The van der Waals surface area contributed by atoms with Crippen LogP contribution >= 0.6 is 34.4 Å². The zero-order chi connectivity index (χ0) is 13.1. The Morgan fingerprint density at radius 3 is 2.83 bits per heavy atom. The Kier molecular flexibility index (Phi) is 4.36. The van der Waals surface area contributed by atoms with Crippen LogP contribution < -0.4 is 0 Å². The van der Waals surface area contributed by atoms with Gasteiger partial charge in [0.05, 0.1) is 16.4 Å². The van der Waals surface area contributed by atoms with Crippen LogP contribution in [0.4, 0.5) is 0 Å². The van der Waals surface area contributed by atoms with Gasteiger partial charge in [0.25, 0.3) is 0 Å². The maximum absolute atomic E-state index is 10.9. The molecule has 96 valence electrons. The maximum atomic E-state index is 10.9. The fourth-order valence-corrected chi connectivity index (χ4v) is 4.12. The number of aryl methyl sites for hydroxylation is 2. The minimum atomic E-state index is -0.904. The van der Waals surface area contributed by atoms with Crippen molar-refractivity contribution in [2.45, 2.75) is 30.4 Å². The number of nitrogens with zero attached hydrogens (tertiary/aromatic N) is 2. The smallest absolute Gasteiger partial charge is 0.347 e. The molecule has 0 atom stereocenters. The van der Waals surface area contributed by atoms with Gasteiger partial charge in [-0.1, -0.05) is 18.7 Å². The van der Waals surface area contributed by atoms with E-state index < -0.39 is 5.97 Å². The molecule has 0 aliphatic carbocycles. The van der Waals surface area contributed by atoms with Crippen LogP contribution in [0.3, 0.4) is 0 Å². The van der Waals surface area contributed by atoms with E-state index in [-0.39, 0.29) is 0 Å². The summed E-state index contributed by atoms with van der Waals surface area (Å²) < 4.78 is 0.788. The normalized spacial score (nSPS) is 10.8. The zero-order valence-electron chi connectivity index (χ0n) is 9.97. The number of carbonyl (C=O) groups is 1. The largest absolute Gasteiger partial charge is 0.477 e. The van der Waals surface area contributed by atoms with E-state index in [0.717, 1.165) is 27.2 Å². The lowest BCUT2D eigenvalue weighted by Crippen LogP contribution is -1.94. The van der Waals surface area contributed by atoms with Crippen LogP contribution in [0.15, 0.2) is 9.72 Å². The minimum Gasteiger partial charge on any atom is -0.477 e. The zero-order valence-corrected chi connectivity index (χ0v) is 12.4. The fraction of sp³-hybridized carbons (Fsp3) is 0.364. The lowest BCUT2D eigenvalue weighted by atomic mass is 10.4. The molecule has 1 N–H and O–H groups in total. The summed E-state index contributed by atoms with van der Waals surface area (Å²) in [5, 5.41) is 12.1. The highest BCUT2D eigenvalue weighted by Crippen LogP contribution is 2.29. The second kappa shape index (κ2) is 5.81. The number of carboxylic acids is 1. The van der Waals surface area contributed by atoms with E-state index in [1.807, 2.05) is 5.38 Å². The highest BCUT2D eigenvalue weighted by Gasteiger charge is 2.14. The second-order valence-corrected chi connectivity index (χ2v) is 6.74. The highest BCUT2D eigenvalue weighted by molar-refractivity contribution is 8.00. The number of aromatic carboxylic acids is 1. The summed E-state index contributed by atoms with van der Waals surface area (Å²) >= 11 is 4.43. The summed E-state index contributed by atoms with van der Waals surface area (Å²) in [4.78, 5) is 19.9. The third-order valence-corrected chi connectivity index (χ3v) is 5.58. The van der Waals surface area contributed by atoms with E-state index in [0.29, 0.717) is 10.6 Å². The van der Waals surface area contributed by atoms with Gasteiger partial charge in [0, 0.05) is 11.1 Å². The number of thioether (sulfide) groups is 1. The van der Waals surface area contributed by atoms with Crippen molar-refractivity contribution in [1.29, 1.82) is 0 Å². The van der Waals surface area contributed by atoms with Crippen molar-refractivity contribution in [1.82, 2.24) is 9.97 Å². The van der Waals surface area contributed by atoms with E-state index in [1.165, 1.54) is 23.1 Å². The lowest BCUT2D eigenvalue weighted by molar-refractivity contribution is 0.0701. The van der Waals surface area contributed by atoms with Gasteiger partial charge in [-0.05, 0) is 13.3 Å². The number of rotatable bonds is 5. The lowest BCUT2D eigenvalue weighted by Gasteiger charge is -1.92. The van der Waals surface area contributed by atoms with Crippen molar-refractivity contribution in [2.75, 3.05) is 0 Å². The molecule has 4 nitrogen and oxygen atoms in total. The summed E-state index contributed by atoms with van der Waals surface area (Å²) in [6.45, 7) is 3.81. The van der Waals surface area contributed by atoms with Gasteiger partial charge >= 0.3 is 5.97 Å². The van der Waals surface area contributed by atoms with E-state index in [4.69, 9.17) is 5.11 Å². The van der Waals surface area contributed by atoms with Crippen molar-refractivity contribution in [3.63, 3.8) is 0 Å². The number of hydrogen-bond acceptors (Lipinski definition) is 6. The Bertz CT molecular complexity index is 562. The van der Waals surface area contributed by atoms with Crippen LogP contribution in [0.1, 0.15) is 33.0 Å². The molecule has 0 saturated carbocycles. The van der Waals surface area contributed by atoms with E-state index in [9.17, 15) is 4.79 Å². The molecule has 0 spiro atoms. The van der Waals surface area contributed by atoms with Gasteiger partial charge in [0.1, 0.15) is 4.88 Å². The monoisotopic (exact) mass is 300 g/mol. The molecule has 18 heavy (non-hydrogen) atoms. The molecule has 2 aromatic rings. The number of carboxylic acid groups (broad SMARTS) is 1. The number of aromatic nitrogens is 2. The summed E-state index contributed by atoms with van der Waals surface area (Å²) in [7, 11) is 0. The van der Waals surface area contributed by atoms with E-state index >= 15 is 0 Å². The quantitative estimate of drug-likeness (QED) is 0.857. The number of thiazole rings is 2. The molecule has 2 rings (SSSR count). The molecule has 0 fully saturated rings. The molecule has 0 aliphatic heterocycles. The first-order chi connectivity index (χ1) is 8.60. The van der Waals surface area contributed by atoms with Crippen molar-refractivity contribution in [2.24, 2.45) is 0 Å². The van der Waals surface area contributed by atoms with Crippen molar-refractivity contribution < 1.29 is 9.90 Å². The van der Waals surface area contributed by atoms with Gasteiger partial charge in [-0.3, -0.25) is 0 Å². The summed E-state index contributed by atoms with van der Waals surface area (Å²) in [5.41, 5.74) is 1.62. The first kappa shape index (κ1) is 13.5. The van der Waals surface area contributed by atoms with Crippen LogP contribution in [0, 0.1) is 6.92 Å². The Balaban J connectivity index is 2.01. The van der Waals surface area contributed by atoms with Gasteiger partial charge < -0.3 is 5.11 Å². The molecule has 0 aliphatic rings. The second-order valence-electron chi connectivity index (χ2n) is 3.57. The Morgan fingerprint density at radius 2 is 2.28 bits per heavy atom. The van der Waals surface area contributed by atoms with Gasteiger partial charge in [-0.15, -0.1) is 22.7 Å². The maximum Gasteiger partial charge on any atom is 0.347 e. The average molecular weight is 300 g/mol. The summed E-state index contributed by atoms with van der Waals surface area (Å²) in [5.74, 6) is -0.165. The average Bonchev–Trinajstić information content (AvgIpc) is 2.92. The van der Waals surface area contributed by atoms with Crippen LogP contribution in [0.5, 0.6) is 0 Å². The first-order valence-electron chi connectivity index (χ1n) is 5.37. The highest BCUT2D eigenvalue weighted by atomic mass is 32.2. The number of hydrogen-bond donors (Lipinski definition) is 1. The van der Waals surface area contributed by atoms with E-state index in [1.54, 1.807) is 18.3 Å². The predicted molar refractivity (Wildman–Crippen MR) is 74.9 cm³/mol. The molecule has 0 unspecified atom stereocenters. The van der Waals surface area contributed by atoms with E-state index in [2.05, 4.69) is 16.9 Å². The first-order valence-corrected chi connectivity index (χ1v) is 8.05. The third kappa shape index (κ3) is 3.09. The van der Waals surface area contributed by atoms with Gasteiger partial charge in [0.2, 0.25) is 0 Å². The molecule has 2 heterocycles. The molecule has 7 heteroatoms. The SMILES string of the molecule is CCc1nc(CSc2nc(C)c(C(=O)O)s2)cs1. The molecule has 0 saturated heterocycles. The topological polar surface area (TPSA) is 63.1 Å². The molecular weight excluding hydrogens is 288 g/mol. The van der Waals surface area contributed by atoms with Crippen LogP contribution in [0.2, 0.25) is 0 Å². The van der Waals surface area contributed by atoms with Crippen molar-refractivity contribution in [3.8, 4) is 0 Å². The van der Waals surface area contributed by atoms with Crippen LogP contribution in [-0.2, 0) is 12.2 Å². The molecule has 0 bridgehead atoms. The van der Waals surface area contributed by atoms with Crippen LogP contribution in [0.25, 0.3) is 0 Å². The van der Waals surface area contributed by atoms with Gasteiger partial charge in [-0.2, -0.15) is 0 Å². The third-order valence-electron chi connectivity index (χ3n) is 2.22. The summed E-state index contributed by atoms with van der Waals surface area (Å²) in [6.07, 6.45) is 0.953. The standard InChI is InChI=1S/C11H12N2O2S3/c1-3-8-13-7(4-16-8)5-17-11-12-6(2)9(18-11)10(14)15/h4H,3,5H2,1-2H3,(H,14,15). The molecule has 2 aromatic heterocycles. The minimum absolute atomic E-state index is 0.324. The van der Waals surface area contributed by atoms with Gasteiger partial charge in [-0.25, -0.2) is 14.8 Å². The Labute approximate surface area is 117 Å². The molecular formula is C11H12N2O2S3. The molecule has 0 radical (unpaired) electrons. The predicted octanol–water partition coefficient (Wildman–Crippen LogP) is 3.46. The molecule has 0 amide bonds. The Morgan fingerprint density at radius 1 is 1.50 bits per heavy atom. The Hall–Kier alpha value is -0.920. The van der Waals surface area contributed by atoms with Crippen molar-refractivity contribution in [3.05, 3.63) is 26.7 Å². The van der Waals surface area contributed by atoms with Crippen LogP contribution in [-0.4, -0.2) is 21.0 Å². The summed E-state index contributed by atoms with van der Waals surface area (Å²) in [6, 6.07) is 0. The van der Waals surface area contributed by atoms with Gasteiger partial charge in [0.15, 0.2) is 4.34 Å².